The summed E-state index contributed by atoms with van der Waals surface area (Å²) in [7, 11) is 0. The second kappa shape index (κ2) is 10.1. The lowest BCUT2D eigenvalue weighted by Gasteiger charge is -2.28. The summed E-state index contributed by atoms with van der Waals surface area (Å²) in [5, 5.41) is 2.39. The van der Waals surface area contributed by atoms with Crippen LogP contribution in [0.25, 0.3) is 33.1 Å². The largest absolute Gasteiger partial charge is 0.454 e. The maximum absolute atomic E-state index is 6.92. The standard InChI is InChI=1S/C37H33NO/c1-26-22-24-29(25-23-26)38(34-20-9-8-16-30(34)27-12-4-2-5-13-27)35-21-11-19-33-32-18-10-17-31(36(32)39-37(33)35)28-14-6-3-7-15-28/h2,4-5,8-13,16-25,28H,3,6-7,14-15H2,1H3. The molecule has 1 heterocycles. The molecule has 1 aliphatic carbocycles. The number of nitrogens with zero attached hydrogens (tertiary/aromatic N) is 1. The highest BCUT2D eigenvalue weighted by Crippen LogP contribution is 2.46. The maximum atomic E-state index is 6.92. The van der Waals surface area contributed by atoms with Crippen molar-refractivity contribution in [1.29, 1.82) is 0 Å². The Morgan fingerprint density at radius 2 is 1.26 bits per heavy atom. The Balaban J connectivity index is 1.48. The predicted octanol–water partition coefficient (Wildman–Crippen LogP) is 11.1. The SMILES string of the molecule is Cc1ccc(N(c2ccccc2-c2ccccc2)c2cccc3c2oc2c(C4CCCCC4)cccc23)cc1. The smallest absolute Gasteiger partial charge is 0.159 e. The Bertz CT molecular complexity index is 1740. The molecule has 0 saturated heterocycles. The second-order valence-electron chi connectivity index (χ2n) is 10.9. The van der Waals surface area contributed by atoms with E-state index in [0.29, 0.717) is 5.92 Å². The molecule has 0 atom stereocenters. The monoisotopic (exact) mass is 507 g/mol. The Kier molecular flexibility index (Phi) is 6.17. The fourth-order valence-corrected chi connectivity index (χ4v) is 6.37. The van der Waals surface area contributed by atoms with Crippen molar-refractivity contribution in [3.8, 4) is 11.1 Å². The van der Waals surface area contributed by atoms with Gasteiger partial charge < -0.3 is 9.32 Å². The van der Waals surface area contributed by atoms with Gasteiger partial charge >= 0.3 is 0 Å². The fourth-order valence-electron chi connectivity index (χ4n) is 6.37. The number of hydrogen-bond donors (Lipinski definition) is 0. The molecular weight excluding hydrogens is 474 g/mol. The normalized spacial score (nSPS) is 14.2. The van der Waals surface area contributed by atoms with Crippen molar-refractivity contribution in [2.24, 2.45) is 0 Å². The summed E-state index contributed by atoms with van der Waals surface area (Å²) >= 11 is 0. The van der Waals surface area contributed by atoms with Gasteiger partial charge in [0.05, 0.1) is 11.4 Å². The van der Waals surface area contributed by atoms with Gasteiger partial charge in [0.1, 0.15) is 5.58 Å². The number of hydrogen-bond acceptors (Lipinski definition) is 2. The van der Waals surface area contributed by atoms with Crippen LogP contribution in [-0.4, -0.2) is 0 Å². The van der Waals surface area contributed by atoms with Gasteiger partial charge in [0.15, 0.2) is 5.58 Å². The molecule has 0 spiro atoms. The van der Waals surface area contributed by atoms with Crippen LogP contribution >= 0.6 is 0 Å². The molecule has 1 fully saturated rings. The molecule has 1 aliphatic rings. The van der Waals surface area contributed by atoms with Gasteiger partial charge in [0.25, 0.3) is 0 Å². The van der Waals surface area contributed by atoms with E-state index in [9.17, 15) is 0 Å². The van der Waals surface area contributed by atoms with Gasteiger partial charge in [-0.25, -0.2) is 0 Å². The van der Waals surface area contributed by atoms with Crippen LogP contribution in [0.4, 0.5) is 17.1 Å². The Morgan fingerprint density at radius 1 is 0.590 bits per heavy atom. The van der Waals surface area contributed by atoms with Crippen LogP contribution in [0.5, 0.6) is 0 Å². The first-order valence-corrected chi connectivity index (χ1v) is 14.2. The quantitative estimate of drug-likeness (QED) is 0.231. The molecule has 1 saturated carbocycles. The van der Waals surface area contributed by atoms with Crippen LogP contribution in [0.2, 0.25) is 0 Å². The zero-order chi connectivity index (χ0) is 26.2. The van der Waals surface area contributed by atoms with E-state index in [1.807, 2.05) is 0 Å². The molecule has 0 aliphatic heterocycles. The summed E-state index contributed by atoms with van der Waals surface area (Å²) in [6.07, 6.45) is 6.48. The zero-order valence-electron chi connectivity index (χ0n) is 22.4. The van der Waals surface area contributed by atoms with Crippen molar-refractivity contribution in [2.45, 2.75) is 44.9 Å². The summed E-state index contributed by atoms with van der Waals surface area (Å²) in [5.74, 6) is 0.582. The minimum absolute atomic E-state index is 0.582. The number of aryl methyl sites for hydroxylation is 1. The van der Waals surface area contributed by atoms with Crippen LogP contribution in [0, 0.1) is 6.92 Å². The first-order valence-electron chi connectivity index (χ1n) is 14.2. The third-order valence-corrected chi connectivity index (χ3v) is 8.34. The van der Waals surface area contributed by atoms with Crippen molar-refractivity contribution in [1.82, 2.24) is 0 Å². The molecule has 7 rings (SSSR count). The van der Waals surface area contributed by atoms with Crippen molar-refractivity contribution in [2.75, 3.05) is 4.90 Å². The van der Waals surface area contributed by atoms with Gasteiger partial charge in [-0.15, -0.1) is 0 Å². The fraction of sp³-hybridized carbons (Fsp3) is 0.189. The van der Waals surface area contributed by atoms with Gasteiger partial charge in [0.2, 0.25) is 0 Å². The van der Waals surface area contributed by atoms with E-state index in [1.54, 1.807) is 0 Å². The zero-order valence-corrected chi connectivity index (χ0v) is 22.4. The van der Waals surface area contributed by atoms with Crippen molar-refractivity contribution in [3.63, 3.8) is 0 Å². The van der Waals surface area contributed by atoms with Crippen LogP contribution in [0.1, 0.15) is 49.1 Å². The van der Waals surface area contributed by atoms with E-state index >= 15 is 0 Å². The van der Waals surface area contributed by atoms with E-state index in [-0.39, 0.29) is 0 Å². The summed E-state index contributed by atoms with van der Waals surface area (Å²) in [4.78, 5) is 2.37. The molecule has 0 unspecified atom stereocenters. The first-order chi connectivity index (χ1) is 19.3. The van der Waals surface area contributed by atoms with Crippen molar-refractivity contribution in [3.05, 3.63) is 126 Å². The minimum atomic E-state index is 0.582. The third kappa shape index (κ3) is 4.30. The molecule has 2 nitrogen and oxygen atoms in total. The van der Waals surface area contributed by atoms with Gasteiger partial charge in [-0.2, -0.15) is 0 Å². The lowest BCUT2D eigenvalue weighted by Crippen LogP contribution is -2.11. The second-order valence-corrected chi connectivity index (χ2v) is 10.9. The van der Waals surface area contributed by atoms with E-state index in [4.69, 9.17) is 4.42 Å². The van der Waals surface area contributed by atoms with E-state index < -0.39 is 0 Å². The highest BCUT2D eigenvalue weighted by molar-refractivity contribution is 6.11. The van der Waals surface area contributed by atoms with Crippen LogP contribution in [-0.2, 0) is 0 Å². The lowest BCUT2D eigenvalue weighted by molar-refractivity contribution is 0.442. The van der Waals surface area contributed by atoms with E-state index in [2.05, 4.69) is 127 Å². The number of fused-ring (bicyclic) bond motifs is 3. The maximum Gasteiger partial charge on any atom is 0.159 e. The first kappa shape index (κ1) is 23.8. The van der Waals surface area contributed by atoms with Gasteiger partial charge in [0, 0.05) is 22.0 Å². The topological polar surface area (TPSA) is 16.4 Å². The number of benzene rings is 5. The molecule has 192 valence electrons. The van der Waals surface area contributed by atoms with Gasteiger partial charge in [-0.05, 0) is 61.1 Å². The lowest BCUT2D eigenvalue weighted by atomic mass is 9.83. The van der Waals surface area contributed by atoms with Crippen LogP contribution in [0.15, 0.2) is 120 Å². The average Bonchev–Trinajstić information content (AvgIpc) is 3.39. The number of rotatable bonds is 5. The van der Waals surface area contributed by atoms with Gasteiger partial charge in [-0.3, -0.25) is 0 Å². The minimum Gasteiger partial charge on any atom is -0.454 e. The van der Waals surface area contributed by atoms with Crippen molar-refractivity contribution < 1.29 is 4.42 Å². The molecule has 6 aromatic rings. The molecule has 2 heteroatoms. The molecule has 0 N–H and O–H groups in total. The Labute approximate surface area is 230 Å². The Morgan fingerprint density at radius 3 is 2.05 bits per heavy atom. The van der Waals surface area contributed by atoms with E-state index in [1.165, 1.54) is 65.1 Å². The molecule has 39 heavy (non-hydrogen) atoms. The number of furan rings is 1. The van der Waals surface area contributed by atoms with Gasteiger partial charge in [-0.1, -0.05) is 116 Å². The number of para-hydroxylation sites is 3. The number of anilines is 3. The molecule has 5 aromatic carbocycles. The van der Waals surface area contributed by atoms with Crippen LogP contribution in [0.3, 0.4) is 0 Å². The summed E-state index contributed by atoms with van der Waals surface area (Å²) in [5.41, 5.74) is 10.3. The average molecular weight is 508 g/mol. The molecule has 1 aromatic heterocycles. The predicted molar refractivity (Wildman–Crippen MR) is 164 cm³/mol. The third-order valence-electron chi connectivity index (χ3n) is 8.34. The molecule has 0 bridgehead atoms. The highest BCUT2D eigenvalue weighted by atomic mass is 16.3. The van der Waals surface area contributed by atoms with Crippen LogP contribution < -0.4 is 4.90 Å². The molecule has 0 radical (unpaired) electrons. The molecular formula is C37H33NO. The Hall–Kier alpha value is -4.30. The molecule has 0 amide bonds. The van der Waals surface area contributed by atoms with E-state index in [0.717, 1.165) is 28.2 Å². The summed E-state index contributed by atoms with van der Waals surface area (Å²) in [6, 6.07) is 41.5. The van der Waals surface area contributed by atoms with Crippen molar-refractivity contribution >= 4 is 39.0 Å². The summed E-state index contributed by atoms with van der Waals surface area (Å²) < 4.78 is 6.92. The summed E-state index contributed by atoms with van der Waals surface area (Å²) in [6.45, 7) is 2.14. The highest BCUT2D eigenvalue weighted by Gasteiger charge is 2.24.